The molecule has 0 spiro atoms. The van der Waals surface area contributed by atoms with Crippen molar-refractivity contribution in [2.24, 2.45) is 23.2 Å². The Morgan fingerprint density at radius 2 is 1.63 bits per heavy atom. The van der Waals surface area contributed by atoms with Crippen LogP contribution in [-0.4, -0.2) is 52.5 Å². The molecule has 1 aliphatic heterocycles. The highest BCUT2D eigenvalue weighted by Crippen LogP contribution is 2.60. The molecule has 4 aliphatic carbocycles. The topological polar surface area (TPSA) is 83.9 Å². The van der Waals surface area contributed by atoms with Gasteiger partial charge in [-0.2, -0.15) is 0 Å². The number of carbonyl (C=O) groups is 3. The number of amides is 1. The summed E-state index contributed by atoms with van der Waals surface area (Å²) in [4.78, 5) is 39.6. The van der Waals surface area contributed by atoms with E-state index < -0.39 is 24.2 Å². The summed E-state index contributed by atoms with van der Waals surface area (Å²) in [5.74, 6) is 1.26. The zero-order chi connectivity index (χ0) is 19.3. The van der Waals surface area contributed by atoms with Crippen LogP contribution in [0.1, 0.15) is 65.2 Å². The average Bonchev–Trinajstić information content (AvgIpc) is 3.00. The molecule has 6 heteroatoms. The van der Waals surface area contributed by atoms with Gasteiger partial charge < -0.3 is 14.7 Å². The molecule has 0 unspecified atom stereocenters. The van der Waals surface area contributed by atoms with Gasteiger partial charge in [0.15, 0.2) is 11.9 Å². The highest BCUT2D eigenvalue weighted by Gasteiger charge is 2.57. The first-order valence-corrected chi connectivity index (χ1v) is 10.5. The van der Waals surface area contributed by atoms with E-state index in [9.17, 15) is 19.5 Å². The number of likely N-dealkylation sites (tertiary alicyclic amines) is 1. The largest absolute Gasteiger partial charge is 0.453 e. The molecule has 150 valence electrons. The summed E-state index contributed by atoms with van der Waals surface area (Å²) in [5, 5.41) is 10.2. The highest BCUT2D eigenvalue weighted by molar-refractivity contribution is 5.91. The fourth-order valence-corrected chi connectivity index (χ4v) is 6.54. The molecule has 5 rings (SSSR count). The lowest BCUT2D eigenvalue weighted by Gasteiger charge is -2.56. The Hall–Kier alpha value is -1.43. The Labute approximate surface area is 160 Å². The fourth-order valence-electron chi connectivity index (χ4n) is 6.54. The van der Waals surface area contributed by atoms with Crippen LogP contribution in [-0.2, 0) is 19.1 Å². The number of β-amino-alcohol motifs (C(OH)–C–C–N with tert-alkyl or cyclic N) is 1. The second-order valence-corrected chi connectivity index (χ2v) is 9.46. The third-order valence-electron chi connectivity index (χ3n) is 7.40. The maximum atomic E-state index is 13.6. The number of hydrogen-bond acceptors (Lipinski definition) is 5. The van der Waals surface area contributed by atoms with Crippen LogP contribution in [0.15, 0.2) is 0 Å². The molecule has 1 amide bonds. The summed E-state index contributed by atoms with van der Waals surface area (Å²) in [6, 6.07) is -0.771. The molecular formula is C21H31NO5. The molecule has 4 bridgehead atoms. The molecule has 1 saturated heterocycles. The number of aliphatic hydroxyl groups is 1. The van der Waals surface area contributed by atoms with Gasteiger partial charge in [-0.15, -0.1) is 0 Å². The molecule has 5 fully saturated rings. The summed E-state index contributed by atoms with van der Waals surface area (Å²) in [6.45, 7) is 3.49. The first-order valence-electron chi connectivity index (χ1n) is 10.5. The lowest BCUT2D eigenvalue weighted by Crippen LogP contribution is -2.56. The number of carbonyl (C=O) groups excluding carboxylic acids is 3. The monoisotopic (exact) mass is 377 g/mol. The van der Waals surface area contributed by atoms with Crippen molar-refractivity contribution in [3.63, 3.8) is 0 Å². The van der Waals surface area contributed by atoms with Gasteiger partial charge >= 0.3 is 5.97 Å². The number of rotatable bonds is 5. The van der Waals surface area contributed by atoms with Gasteiger partial charge in [0.2, 0.25) is 5.91 Å². The second kappa shape index (κ2) is 6.87. The molecule has 1 N–H and O–H groups in total. The van der Waals surface area contributed by atoms with Crippen LogP contribution in [0.3, 0.4) is 0 Å². The van der Waals surface area contributed by atoms with Crippen molar-refractivity contribution in [1.29, 1.82) is 0 Å². The molecule has 0 aromatic rings. The number of Topliss-reactive ketones (excluding diaryl/α,β-unsaturated/α-hetero) is 1. The van der Waals surface area contributed by atoms with E-state index in [0.717, 1.165) is 19.3 Å². The predicted molar refractivity (Wildman–Crippen MR) is 97.6 cm³/mol. The van der Waals surface area contributed by atoms with E-state index in [4.69, 9.17) is 4.74 Å². The first-order chi connectivity index (χ1) is 12.8. The molecule has 3 atom stereocenters. The third kappa shape index (κ3) is 3.30. The summed E-state index contributed by atoms with van der Waals surface area (Å²) < 4.78 is 5.34. The van der Waals surface area contributed by atoms with Gasteiger partial charge in [-0.25, -0.2) is 4.79 Å². The van der Waals surface area contributed by atoms with Crippen LogP contribution >= 0.6 is 0 Å². The maximum absolute atomic E-state index is 13.6. The van der Waals surface area contributed by atoms with E-state index in [1.54, 1.807) is 18.7 Å². The Morgan fingerprint density at radius 1 is 1.07 bits per heavy atom. The number of ketones is 1. The Balaban J connectivity index is 1.50. The van der Waals surface area contributed by atoms with E-state index in [1.807, 2.05) is 0 Å². The molecule has 0 aromatic heterocycles. The van der Waals surface area contributed by atoms with Crippen molar-refractivity contribution in [3.05, 3.63) is 0 Å². The van der Waals surface area contributed by atoms with Crippen LogP contribution in [0.5, 0.6) is 0 Å². The minimum absolute atomic E-state index is 0.0366. The minimum Gasteiger partial charge on any atom is -0.453 e. The van der Waals surface area contributed by atoms with E-state index in [0.29, 0.717) is 24.2 Å². The quantitative estimate of drug-likeness (QED) is 0.742. The molecule has 4 saturated carbocycles. The zero-order valence-electron chi connectivity index (χ0n) is 16.4. The second-order valence-electron chi connectivity index (χ2n) is 9.46. The van der Waals surface area contributed by atoms with E-state index in [1.165, 1.54) is 19.3 Å². The average molecular weight is 377 g/mol. The Kier molecular flexibility index (Phi) is 4.81. The zero-order valence-corrected chi connectivity index (χ0v) is 16.4. The van der Waals surface area contributed by atoms with Crippen LogP contribution in [0.4, 0.5) is 0 Å². The lowest BCUT2D eigenvalue weighted by atomic mass is 9.49. The third-order valence-corrected chi connectivity index (χ3v) is 7.40. The summed E-state index contributed by atoms with van der Waals surface area (Å²) >= 11 is 0. The smallest absolute Gasteiger partial charge is 0.329 e. The van der Waals surface area contributed by atoms with Crippen molar-refractivity contribution < 1.29 is 24.2 Å². The van der Waals surface area contributed by atoms with Gasteiger partial charge in [-0.3, -0.25) is 9.59 Å². The maximum Gasteiger partial charge on any atom is 0.329 e. The summed E-state index contributed by atoms with van der Waals surface area (Å²) in [7, 11) is 0. The lowest BCUT2D eigenvalue weighted by molar-refractivity contribution is -0.168. The first kappa shape index (κ1) is 18.9. The molecule has 6 nitrogen and oxygen atoms in total. The van der Waals surface area contributed by atoms with Gasteiger partial charge in [-0.05, 0) is 63.2 Å². The molecular weight excluding hydrogens is 346 g/mol. The van der Waals surface area contributed by atoms with Crippen LogP contribution in [0.2, 0.25) is 0 Å². The number of esters is 1. The van der Waals surface area contributed by atoms with Crippen molar-refractivity contribution in [2.75, 3.05) is 6.54 Å². The fraction of sp³-hybridized carbons (Fsp3) is 0.857. The van der Waals surface area contributed by atoms with Gasteiger partial charge in [0, 0.05) is 19.4 Å². The minimum atomic E-state index is -0.809. The summed E-state index contributed by atoms with van der Waals surface area (Å²) in [5.41, 5.74) is -0.345. The van der Waals surface area contributed by atoms with Crippen LogP contribution < -0.4 is 0 Å². The van der Waals surface area contributed by atoms with Crippen molar-refractivity contribution in [3.8, 4) is 0 Å². The standard InChI is InChI=1S/C21H31NO5/c1-3-18(24)12(2)27-19(25)17-7-16(23)11-22(17)20(26)21-8-13-4-14(9-21)6-15(5-13)10-21/h12-17,23H,3-11H2,1-2H3/t12-,13?,14?,15?,16-,17-,21?/m0/s1. The number of hydrogen-bond donors (Lipinski definition) is 1. The van der Waals surface area contributed by atoms with E-state index in [2.05, 4.69) is 0 Å². The number of nitrogens with zero attached hydrogens (tertiary/aromatic N) is 1. The Bertz CT molecular complexity index is 609. The predicted octanol–water partition coefficient (Wildman–Crippen LogP) is 2.08. The van der Waals surface area contributed by atoms with Gasteiger partial charge in [0.1, 0.15) is 6.04 Å². The van der Waals surface area contributed by atoms with Gasteiger partial charge in [0.05, 0.1) is 11.5 Å². The van der Waals surface area contributed by atoms with Crippen molar-refractivity contribution in [2.45, 2.75) is 83.5 Å². The molecule has 5 aliphatic rings. The molecule has 0 aromatic carbocycles. The normalized spacial score (nSPS) is 40.9. The molecule has 0 radical (unpaired) electrons. The van der Waals surface area contributed by atoms with Crippen molar-refractivity contribution >= 4 is 17.7 Å². The van der Waals surface area contributed by atoms with Crippen LogP contribution in [0, 0.1) is 23.2 Å². The Morgan fingerprint density at radius 3 is 2.15 bits per heavy atom. The number of ether oxygens (including phenoxy) is 1. The highest BCUT2D eigenvalue weighted by atomic mass is 16.5. The van der Waals surface area contributed by atoms with Gasteiger partial charge in [-0.1, -0.05) is 6.92 Å². The van der Waals surface area contributed by atoms with E-state index in [-0.39, 0.29) is 30.1 Å². The number of aliphatic hydroxyl groups excluding tert-OH is 1. The molecule has 27 heavy (non-hydrogen) atoms. The van der Waals surface area contributed by atoms with Crippen LogP contribution in [0.25, 0.3) is 0 Å². The SMILES string of the molecule is CCC(=O)[C@H](C)OC(=O)[C@@H]1C[C@H](O)CN1C(=O)C12CC3CC(CC(C3)C1)C2. The van der Waals surface area contributed by atoms with E-state index >= 15 is 0 Å². The summed E-state index contributed by atoms with van der Waals surface area (Å²) in [6.07, 6.45) is 5.51. The van der Waals surface area contributed by atoms with Crippen molar-refractivity contribution in [1.82, 2.24) is 4.90 Å². The van der Waals surface area contributed by atoms with Gasteiger partial charge in [0.25, 0.3) is 0 Å². The molecule has 1 heterocycles.